The SMILES string of the molecule is CC(C)(C)N(CCC(=O)O)C(=O)CC1CNC1. The van der Waals surface area contributed by atoms with Crippen molar-refractivity contribution in [3.05, 3.63) is 0 Å². The maximum atomic E-state index is 12.1. The van der Waals surface area contributed by atoms with Gasteiger partial charge in [0, 0.05) is 18.5 Å². The molecule has 1 saturated heterocycles. The Balaban J connectivity index is 2.54. The summed E-state index contributed by atoms with van der Waals surface area (Å²) in [6.07, 6.45) is 0.524. The summed E-state index contributed by atoms with van der Waals surface area (Å²) in [6.45, 7) is 7.88. The Morgan fingerprint density at radius 1 is 1.35 bits per heavy atom. The van der Waals surface area contributed by atoms with E-state index in [0.717, 1.165) is 13.1 Å². The third-order valence-corrected chi connectivity index (χ3v) is 2.99. The van der Waals surface area contributed by atoms with Crippen LogP contribution in [-0.2, 0) is 9.59 Å². The van der Waals surface area contributed by atoms with Crippen LogP contribution >= 0.6 is 0 Å². The predicted octanol–water partition coefficient (Wildman–Crippen LogP) is 0.698. The van der Waals surface area contributed by atoms with E-state index in [2.05, 4.69) is 5.32 Å². The van der Waals surface area contributed by atoms with Gasteiger partial charge in [0.1, 0.15) is 0 Å². The van der Waals surface area contributed by atoms with Crippen molar-refractivity contribution >= 4 is 11.9 Å². The molecule has 5 heteroatoms. The zero-order valence-electron chi connectivity index (χ0n) is 10.8. The first-order valence-electron chi connectivity index (χ1n) is 6.03. The largest absolute Gasteiger partial charge is 0.481 e. The van der Waals surface area contributed by atoms with Crippen LogP contribution < -0.4 is 5.32 Å². The van der Waals surface area contributed by atoms with Gasteiger partial charge in [0.2, 0.25) is 5.91 Å². The van der Waals surface area contributed by atoms with Crippen molar-refractivity contribution in [3.63, 3.8) is 0 Å². The van der Waals surface area contributed by atoms with Gasteiger partial charge in [-0.1, -0.05) is 0 Å². The smallest absolute Gasteiger partial charge is 0.305 e. The lowest BCUT2D eigenvalue weighted by Gasteiger charge is -2.37. The van der Waals surface area contributed by atoms with Crippen LogP contribution in [0.15, 0.2) is 0 Å². The molecule has 0 aromatic heterocycles. The van der Waals surface area contributed by atoms with Crippen LogP contribution in [0.3, 0.4) is 0 Å². The van der Waals surface area contributed by atoms with E-state index in [4.69, 9.17) is 5.11 Å². The topological polar surface area (TPSA) is 69.6 Å². The maximum Gasteiger partial charge on any atom is 0.305 e. The van der Waals surface area contributed by atoms with Crippen molar-refractivity contribution in [1.29, 1.82) is 0 Å². The molecule has 0 spiro atoms. The van der Waals surface area contributed by atoms with Crippen molar-refractivity contribution in [3.8, 4) is 0 Å². The lowest BCUT2D eigenvalue weighted by atomic mass is 9.96. The van der Waals surface area contributed by atoms with E-state index in [9.17, 15) is 9.59 Å². The predicted molar refractivity (Wildman–Crippen MR) is 64.7 cm³/mol. The summed E-state index contributed by atoms with van der Waals surface area (Å²) in [5, 5.41) is 11.8. The van der Waals surface area contributed by atoms with Crippen molar-refractivity contribution in [1.82, 2.24) is 10.2 Å². The zero-order valence-corrected chi connectivity index (χ0v) is 10.8. The summed E-state index contributed by atoms with van der Waals surface area (Å²) < 4.78 is 0. The zero-order chi connectivity index (χ0) is 13.1. The summed E-state index contributed by atoms with van der Waals surface area (Å²) in [5.41, 5.74) is -0.316. The molecule has 1 heterocycles. The van der Waals surface area contributed by atoms with E-state index in [-0.39, 0.29) is 24.4 Å². The average Bonchev–Trinajstić information content (AvgIpc) is 2.08. The van der Waals surface area contributed by atoms with Crippen molar-refractivity contribution < 1.29 is 14.7 Å². The number of carbonyl (C=O) groups excluding carboxylic acids is 1. The summed E-state index contributed by atoms with van der Waals surface area (Å²) in [7, 11) is 0. The molecule has 0 saturated carbocycles. The summed E-state index contributed by atoms with van der Waals surface area (Å²) in [5.74, 6) is -0.389. The standard InChI is InChI=1S/C12H22N2O3/c1-12(2,3)14(5-4-11(16)17)10(15)6-9-7-13-8-9/h9,13H,4-8H2,1-3H3,(H,16,17). The number of carbonyl (C=O) groups is 2. The molecule has 0 bridgehead atoms. The number of amides is 1. The van der Waals surface area contributed by atoms with Crippen molar-refractivity contribution in [2.45, 2.75) is 39.2 Å². The van der Waals surface area contributed by atoms with Gasteiger partial charge in [-0.3, -0.25) is 9.59 Å². The molecule has 0 atom stereocenters. The highest BCUT2D eigenvalue weighted by Crippen LogP contribution is 2.18. The Labute approximate surface area is 102 Å². The van der Waals surface area contributed by atoms with Gasteiger partial charge in [-0.05, 0) is 39.8 Å². The average molecular weight is 242 g/mol. The van der Waals surface area contributed by atoms with Gasteiger partial charge in [-0.15, -0.1) is 0 Å². The molecule has 1 aliphatic rings. The number of aliphatic carboxylic acids is 1. The van der Waals surface area contributed by atoms with Crippen molar-refractivity contribution in [2.24, 2.45) is 5.92 Å². The van der Waals surface area contributed by atoms with Crippen molar-refractivity contribution in [2.75, 3.05) is 19.6 Å². The fourth-order valence-corrected chi connectivity index (χ4v) is 1.89. The molecule has 0 aromatic rings. The van der Waals surface area contributed by atoms with E-state index < -0.39 is 5.97 Å². The molecule has 0 aliphatic carbocycles. The highest BCUT2D eigenvalue weighted by Gasteiger charge is 2.29. The summed E-state index contributed by atoms with van der Waals surface area (Å²) >= 11 is 0. The minimum Gasteiger partial charge on any atom is -0.481 e. The third kappa shape index (κ3) is 4.34. The minimum absolute atomic E-state index is 0.00588. The lowest BCUT2D eigenvalue weighted by molar-refractivity contribution is -0.141. The molecule has 17 heavy (non-hydrogen) atoms. The van der Waals surface area contributed by atoms with Gasteiger partial charge in [-0.25, -0.2) is 0 Å². The van der Waals surface area contributed by atoms with Gasteiger partial charge < -0.3 is 15.3 Å². The van der Waals surface area contributed by atoms with Gasteiger partial charge in [0.25, 0.3) is 0 Å². The van der Waals surface area contributed by atoms with E-state index in [1.807, 2.05) is 20.8 Å². The number of nitrogens with zero attached hydrogens (tertiary/aromatic N) is 1. The fourth-order valence-electron chi connectivity index (χ4n) is 1.89. The Kier molecular flexibility index (Phi) is 4.51. The van der Waals surface area contributed by atoms with E-state index in [0.29, 0.717) is 12.3 Å². The van der Waals surface area contributed by atoms with Gasteiger partial charge in [-0.2, -0.15) is 0 Å². The third-order valence-electron chi connectivity index (χ3n) is 2.99. The molecule has 1 amide bonds. The van der Waals surface area contributed by atoms with Crippen LogP contribution in [0.2, 0.25) is 0 Å². The second kappa shape index (κ2) is 5.49. The molecule has 1 fully saturated rings. The number of carboxylic acid groups (broad SMARTS) is 1. The fraction of sp³-hybridized carbons (Fsp3) is 0.833. The van der Waals surface area contributed by atoms with Crippen LogP contribution in [0.25, 0.3) is 0 Å². The van der Waals surface area contributed by atoms with Gasteiger partial charge >= 0.3 is 5.97 Å². The Morgan fingerprint density at radius 3 is 2.29 bits per heavy atom. The Bertz CT molecular complexity index is 293. The highest BCUT2D eigenvalue weighted by molar-refractivity contribution is 5.78. The minimum atomic E-state index is -0.864. The first-order valence-corrected chi connectivity index (χ1v) is 6.03. The van der Waals surface area contributed by atoms with E-state index >= 15 is 0 Å². The Hall–Kier alpha value is -1.10. The van der Waals surface area contributed by atoms with Gasteiger partial charge in [0.05, 0.1) is 6.42 Å². The molecular weight excluding hydrogens is 220 g/mol. The van der Waals surface area contributed by atoms with Crippen LogP contribution in [0.1, 0.15) is 33.6 Å². The second-order valence-corrected chi connectivity index (χ2v) is 5.59. The quantitative estimate of drug-likeness (QED) is 0.744. The number of nitrogens with one attached hydrogen (secondary N) is 1. The van der Waals surface area contributed by atoms with E-state index in [1.165, 1.54) is 0 Å². The molecular formula is C12H22N2O3. The number of hydrogen-bond donors (Lipinski definition) is 2. The van der Waals surface area contributed by atoms with Crippen LogP contribution in [0.5, 0.6) is 0 Å². The number of hydrogen-bond acceptors (Lipinski definition) is 3. The summed E-state index contributed by atoms with van der Waals surface area (Å²) in [6, 6.07) is 0. The van der Waals surface area contributed by atoms with Crippen LogP contribution in [0.4, 0.5) is 0 Å². The maximum absolute atomic E-state index is 12.1. The Morgan fingerprint density at radius 2 is 1.94 bits per heavy atom. The first-order chi connectivity index (χ1) is 7.80. The van der Waals surface area contributed by atoms with Crippen LogP contribution in [-0.4, -0.2) is 47.1 Å². The first kappa shape index (κ1) is 14.0. The molecule has 5 nitrogen and oxygen atoms in total. The van der Waals surface area contributed by atoms with E-state index in [1.54, 1.807) is 4.90 Å². The van der Waals surface area contributed by atoms with Gasteiger partial charge in [0.15, 0.2) is 0 Å². The normalized spacial score (nSPS) is 16.4. The number of rotatable bonds is 5. The monoisotopic (exact) mass is 242 g/mol. The molecule has 1 aliphatic heterocycles. The summed E-state index contributed by atoms with van der Waals surface area (Å²) in [4.78, 5) is 24.4. The number of carboxylic acids is 1. The second-order valence-electron chi connectivity index (χ2n) is 5.59. The molecule has 0 radical (unpaired) electrons. The molecule has 1 rings (SSSR count). The molecule has 0 aromatic carbocycles. The highest BCUT2D eigenvalue weighted by atomic mass is 16.4. The molecule has 2 N–H and O–H groups in total. The lowest BCUT2D eigenvalue weighted by Crippen LogP contribution is -2.50. The molecule has 0 unspecified atom stereocenters. The molecule has 98 valence electrons. The van der Waals surface area contributed by atoms with Crippen LogP contribution in [0, 0.1) is 5.92 Å².